The highest BCUT2D eigenvalue weighted by Gasteiger charge is 2.15. The number of hydrogen-bond acceptors (Lipinski definition) is 4. The van der Waals surface area contributed by atoms with Gasteiger partial charge in [0.1, 0.15) is 18.1 Å². The molecule has 0 radical (unpaired) electrons. The molecule has 0 heterocycles. The van der Waals surface area contributed by atoms with E-state index in [0.29, 0.717) is 12.4 Å². The normalized spacial score (nSPS) is 14.0. The fourth-order valence-electron chi connectivity index (χ4n) is 3.06. The molecule has 0 spiro atoms. The molecule has 1 aliphatic carbocycles. The first-order chi connectivity index (χ1) is 12.1. The summed E-state index contributed by atoms with van der Waals surface area (Å²) in [5, 5.41) is 0. The average molecular weight is 361 g/mol. The Morgan fingerprint density at radius 2 is 1.80 bits per heavy atom. The van der Waals surface area contributed by atoms with Crippen LogP contribution in [0.5, 0.6) is 11.5 Å². The lowest BCUT2D eigenvalue weighted by Crippen LogP contribution is -2.28. The van der Waals surface area contributed by atoms with Crippen molar-refractivity contribution in [1.29, 1.82) is 0 Å². The van der Waals surface area contributed by atoms with E-state index in [2.05, 4.69) is 10.8 Å². The van der Waals surface area contributed by atoms with Crippen molar-refractivity contribution in [1.82, 2.24) is 4.72 Å². The van der Waals surface area contributed by atoms with Crippen LogP contribution in [0.3, 0.4) is 0 Å². The van der Waals surface area contributed by atoms with Crippen molar-refractivity contribution in [3.63, 3.8) is 0 Å². The third-order valence-electron chi connectivity index (χ3n) is 4.37. The molecule has 25 heavy (non-hydrogen) atoms. The zero-order valence-electron chi connectivity index (χ0n) is 14.3. The molecule has 0 atom stereocenters. The Morgan fingerprint density at radius 1 is 1.04 bits per heavy atom. The van der Waals surface area contributed by atoms with Crippen LogP contribution in [0.25, 0.3) is 0 Å². The molecule has 2 aromatic carbocycles. The third-order valence-corrected chi connectivity index (χ3v) is 5.85. The number of ether oxygens (including phenoxy) is 2. The molecular formula is C19H23NO4S. The molecule has 0 saturated carbocycles. The zero-order chi connectivity index (χ0) is 17.7. The maximum Gasteiger partial charge on any atom is 0.240 e. The van der Waals surface area contributed by atoms with Gasteiger partial charge in [0.2, 0.25) is 10.0 Å². The summed E-state index contributed by atoms with van der Waals surface area (Å²) in [4.78, 5) is 0.213. The van der Waals surface area contributed by atoms with Gasteiger partial charge in [0.05, 0.1) is 12.0 Å². The van der Waals surface area contributed by atoms with Gasteiger partial charge in [-0.3, -0.25) is 0 Å². The molecule has 1 N–H and O–H groups in total. The van der Waals surface area contributed by atoms with Crippen molar-refractivity contribution in [2.45, 2.75) is 30.6 Å². The summed E-state index contributed by atoms with van der Waals surface area (Å²) in [5.74, 6) is 1.50. The Kier molecular flexibility index (Phi) is 5.60. The molecule has 6 heteroatoms. The van der Waals surface area contributed by atoms with Gasteiger partial charge in [-0.15, -0.1) is 0 Å². The van der Waals surface area contributed by atoms with E-state index in [4.69, 9.17) is 9.47 Å². The standard InChI is InChI=1S/C19H23NO4S/c1-23-16-9-11-17(12-10-16)25(21,22)20-13-14-24-19-8-4-6-15-5-2-3-7-18(15)19/h4,6,8-12,20H,2-3,5,7,13-14H2,1H3. The Bertz CT molecular complexity index is 816. The number of fused-ring (bicyclic) bond motifs is 1. The van der Waals surface area contributed by atoms with Gasteiger partial charge in [-0.25, -0.2) is 13.1 Å². The SMILES string of the molecule is COc1ccc(S(=O)(=O)NCCOc2cccc3c2CCCC3)cc1. The average Bonchev–Trinajstić information content (AvgIpc) is 2.65. The molecule has 3 rings (SSSR count). The van der Waals surface area contributed by atoms with Gasteiger partial charge in [-0.05, 0) is 67.1 Å². The van der Waals surface area contributed by atoms with Crippen LogP contribution in [-0.4, -0.2) is 28.7 Å². The minimum absolute atomic E-state index is 0.213. The van der Waals surface area contributed by atoms with Crippen LogP contribution in [0.4, 0.5) is 0 Å². The highest BCUT2D eigenvalue weighted by atomic mass is 32.2. The second kappa shape index (κ2) is 7.89. The summed E-state index contributed by atoms with van der Waals surface area (Å²) >= 11 is 0. The van der Waals surface area contributed by atoms with Crippen molar-refractivity contribution in [3.8, 4) is 11.5 Å². The molecule has 0 aliphatic heterocycles. The number of hydrogen-bond donors (Lipinski definition) is 1. The van der Waals surface area contributed by atoms with E-state index in [0.717, 1.165) is 18.6 Å². The van der Waals surface area contributed by atoms with E-state index < -0.39 is 10.0 Å². The summed E-state index contributed by atoms with van der Waals surface area (Å²) in [6, 6.07) is 12.4. The Morgan fingerprint density at radius 3 is 2.56 bits per heavy atom. The van der Waals surface area contributed by atoms with Crippen LogP contribution in [-0.2, 0) is 22.9 Å². The van der Waals surface area contributed by atoms with Crippen LogP contribution in [0, 0.1) is 0 Å². The first-order valence-electron chi connectivity index (χ1n) is 8.47. The second-order valence-electron chi connectivity index (χ2n) is 6.02. The highest BCUT2D eigenvalue weighted by Crippen LogP contribution is 2.29. The Hall–Kier alpha value is -2.05. The number of benzene rings is 2. The molecule has 2 aromatic rings. The summed E-state index contributed by atoms with van der Waals surface area (Å²) in [6.07, 6.45) is 4.52. The minimum Gasteiger partial charge on any atom is -0.497 e. The van der Waals surface area contributed by atoms with Crippen molar-refractivity contribution in [3.05, 3.63) is 53.6 Å². The van der Waals surface area contributed by atoms with E-state index in [1.807, 2.05) is 12.1 Å². The molecule has 0 bridgehead atoms. The predicted octanol–water partition coefficient (Wildman–Crippen LogP) is 2.93. The summed E-state index contributed by atoms with van der Waals surface area (Å²) in [6.45, 7) is 0.518. The largest absolute Gasteiger partial charge is 0.497 e. The van der Waals surface area contributed by atoms with Gasteiger partial charge in [0.25, 0.3) is 0 Å². The van der Waals surface area contributed by atoms with Crippen molar-refractivity contribution in [2.24, 2.45) is 0 Å². The van der Waals surface area contributed by atoms with Crippen LogP contribution in [0.1, 0.15) is 24.0 Å². The van der Waals surface area contributed by atoms with E-state index in [9.17, 15) is 8.42 Å². The monoisotopic (exact) mass is 361 g/mol. The Labute approximate surface area is 149 Å². The first kappa shape index (κ1) is 17.8. The van der Waals surface area contributed by atoms with Gasteiger partial charge >= 0.3 is 0 Å². The van der Waals surface area contributed by atoms with Crippen molar-refractivity contribution >= 4 is 10.0 Å². The minimum atomic E-state index is -3.54. The highest BCUT2D eigenvalue weighted by molar-refractivity contribution is 7.89. The zero-order valence-corrected chi connectivity index (χ0v) is 15.1. The second-order valence-corrected chi connectivity index (χ2v) is 7.79. The lowest BCUT2D eigenvalue weighted by Gasteiger charge is -2.19. The molecule has 0 amide bonds. The number of sulfonamides is 1. The number of nitrogens with one attached hydrogen (secondary N) is 1. The fourth-order valence-corrected chi connectivity index (χ4v) is 4.07. The number of aryl methyl sites for hydroxylation is 1. The van der Waals surface area contributed by atoms with Gasteiger partial charge in [0, 0.05) is 6.54 Å². The van der Waals surface area contributed by atoms with Crippen LogP contribution >= 0.6 is 0 Å². The Balaban J connectivity index is 1.56. The molecule has 134 valence electrons. The lowest BCUT2D eigenvalue weighted by atomic mass is 9.91. The quantitative estimate of drug-likeness (QED) is 0.770. The lowest BCUT2D eigenvalue weighted by molar-refractivity contribution is 0.318. The summed E-state index contributed by atoms with van der Waals surface area (Å²) in [5.41, 5.74) is 2.62. The van der Waals surface area contributed by atoms with E-state index >= 15 is 0 Å². The van der Waals surface area contributed by atoms with Crippen LogP contribution in [0.2, 0.25) is 0 Å². The van der Waals surface area contributed by atoms with Crippen LogP contribution in [0.15, 0.2) is 47.4 Å². The molecule has 1 aliphatic rings. The topological polar surface area (TPSA) is 64.6 Å². The maximum absolute atomic E-state index is 12.3. The van der Waals surface area contributed by atoms with Crippen molar-refractivity contribution in [2.75, 3.05) is 20.3 Å². The number of methoxy groups -OCH3 is 1. The molecule has 0 aromatic heterocycles. The van der Waals surface area contributed by atoms with Crippen LogP contribution < -0.4 is 14.2 Å². The molecule has 0 saturated heterocycles. The smallest absolute Gasteiger partial charge is 0.240 e. The van der Waals surface area contributed by atoms with E-state index in [1.165, 1.54) is 36.1 Å². The third kappa shape index (κ3) is 4.32. The van der Waals surface area contributed by atoms with Gasteiger partial charge in [-0.2, -0.15) is 0 Å². The fraction of sp³-hybridized carbons (Fsp3) is 0.368. The van der Waals surface area contributed by atoms with Crippen molar-refractivity contribution < 1.29 is 17.9 Å². The van der Waals surface area contributed by atoms with Gasteiger partial charge in [-0.1, -0.05) is 12.1 Å². The first-order valence-corrected chi connectivity index (χ1v) is 9.96. The number of rotatable bonds is 7. The predicted molar refractivity (Wildman–Crippen MR) is 96.8 cm³/mol. The summed E-state index contributed by atoms with van der Waals surface area (Å²) < 4.78 is 38.0. The maximum atomic E-state index is 12.3. The molecule has 0 fully saturated rings. The molecule has 5 nitrogen and oxygen atoms in total. The molecular weight excluding hydrogens is 338 g/mol. The summed E-state index contributed by atoms with van der Waals surface area (Å²) in [7, 11) is -2.00. The van der Waals surface area contributed by atoms with Gasteiger partial charge in [0.15, 0.2) is 0 Å². The van der Waals surface area contributed by atoms with Gasteiger partial charge < -0.3 is 9.47 Å². The van der Waals surface area contributed by atoms with E-state index in [-0.39, 0.29) is 11.4 Å². The molecule has 0 unspecified atom stereocenters. The van der Waals surface area contributed by atoms with E-state index in [1.54, 1.807) is 19.2 Å².